The second-order valence-corrected chi connectivity index (χ2v) is 7.04. The lowest BCUT2D eigenvalue weighted by atomic mass is 10.1. The summed E-state index contributed by atoms with van der Waals surface area (Å²) < 4.78 is 2.55. The maximum atomic E-state index is 12.3. The minimum Gasteiger partial charge on any atom is -0.350 e. The summed E-state index contributed by atoms with van der Waals surface area (Å²) in [4.78, 5) is 13.4. The van der Waals surface area contributed by atoms with Gasteiger partial charge < -0.3 is 5.32 Å². The van der Waals surface area contributed by atoms with Crippen molar-refractivity contribution in [2.24, 2.45) is 0 Å². The van der Waals surface area contributed by atoms with Gasteiger partial charge in [-0.2, -0.15) is 5.10 Å². The van der Waals surface area contributed by atoms with Gasteiger partial charge >= 0.3 is 0 Å². The number of halogens is 1. The molecule has 0 aliphatic heterocycles. The molecule has 24 heavy (non-hydrogen) atoms. The van der Waals surface area contributed by atoms with Crippen LogP contribution in [0, 0.1) is 0 Å². The monoisotopic (exact) mass is 359 g/mol. The molecule has 4 nitrogen and oxygen atoms in total. The first-order valence-corrected chi connectivity index (χ1v) is 9.02. The zero-order valence-electron chi connectivity index (χ0n) is 13.3. The minimum atomic E-state index is -0.151. The van der Waals surface area contributed by atoms with Crippen LogP contribution in [0.25, 0.3) is 10.6 Å². The van der Waals surface area contributed by atoms with E-state index in [1.807, 2.05) is 48.0 Å². The van der Waals surface area contributed by atoms with Gasteiger partial charge in [0.2, 0.25) is 0 Å². The Morgan fingerprint density at radius 2 is 2.04 bits per heavy atom. The molecule has 0 bridgehead atoms. The molecule has 0 aliphatic carbocycles. The van der Waals surface area contributed by atoms with Gasteiger partial charge in [-0.3, -0.25) is 9.48 Å². The lowest BCUT2D eigenvalue weighted by molar-refractivity contribution is 0.0948. The van der Waals surface area contributed by atoms with Gasteiger partial charge in [0, 0.05) is 13.1 Å². The van der Waals surface area contributed by atoms with Gasteiger partial charge in [-0.05, 0) is 37.1 Å². The lowest BCUT2D eigenvalue weighted by Gasteiger charge is -2.03. The summed E-state index contributed by atoms with van der Waals surface area (Å²) in [6, 6.07) is 15.7. The zero-order chi connectivity index (χ0) is 16.9. The SMILES string of the molecule is CCn1nc(C(=O)NCCc2ccccc2)cc1-c1ccc(Cl)s1. The molecule has 1 amide bonds. The predicted molar refractivity (Wildman–Crippen MR) is 98.7 cm³/mol. The van der Waals surface area contributed by atoms with Gasteiger partial charge in [-0.25, -0.2) is 0 Å². The van der Waals surface area contributed by atoms with E-state index >= 15 is 0 Å². The third kappa shape index (κ3) is 3.86. The van der Waals surface area contributed by atoms with Gasteiger partial charge in [0.25, 0.3) is 5.91 Å². The van der Waals surface area contributed by atoms with Crippen molar-refractivity contribution in [3.8, 4) is 10.6 Å². The summed E-state index contributed by atoms with van der Waals surface area (Å²) in [5, 5.41) is 7.34. The predicted octanol–water partition coefficient (Wildman–Crippen LogP) is 4.26. The number of aromatic nitrogens is 2. The number of aryl methyl sites for hydroxylation is 1. The largest absolute Gasteiger partial charge is 0.350 e. The van der Waals surface area contributed by atoms with Crippen LogP contribution >= 0.6 is 22.9 Å². The standard InChI is InChI=1S/C18H18ClN3OS/c1-2-22-15(16-8-9-17(19)24-16)12-14(21-22)18(23)20-11-10-13-6-4-3-5-7-13/h3-9,12H,2,10-11H2,1H3,(H,20,23). The molecule has 6 heteroatoms. The second-order valence-electron chi connectivity index (χ2n) is 5.33. The highest BCUT2D eigenvalue weighted by Gasteiger charge is 2.15. The molecule has 0 spiro atoms. The normalized spacial score (nSPS) is 10.8. The van der Waals surface area contributed by atoms with Crippen LogP contribution in [0.15, 0.2) is 48.5 Å². The van der Waals surface area contributed by atoms with Crippen LogP contribution in [0.5, 0.6) is 0 Å². The Bertz CT molecular complexity index is 826. The van der Waals surface area contributed by atoms with E-state index in [0.717, 1.165) is 21.3 Å². The number of hydrogen-bond donors (Lipinski definition) is 1. The Kier molecular flexibility index (Phi) is 5.33. The molecule has 0 fully saturated rings. The Morgan fingerprint density at radius 3 is 2.71 bits per heavy atom. The van der Waals surface area contributed by atoms with Crippen molar-refractivity contribution in [2.45, 2.75) is 19.9 Å². The van der Waals surface area contributed by atoms with E-state index in [1.54, 1.807) is 0 Å². The summed E-state index contributed by atoms with van der Waals surface area (Å²) in [5.74, 6) is -0.151. The highest BCUT2D eigenvalue weighted by molar-refractivity contribution is 7.19. The van der Waals surface area contributed by atoms with E-state index in [-0.39, 0.29) is 5.91 Å². The molecule has 0 saturated carbocycles. The number of thiophene rings is 1. The summed E-state index contributed by atoms with van der Waals surface area (Å²) in [5.41, 5.74) is 2.55. The van der Waals surface area contributed by atoms with E-state index in [1.165, 1.54) is 16.9 Å². The van der Waals surface area contributed by atoms with Gasteiger partial charge in [0.05, 0.1) is 14.9 Å². The molecule has 1 aromatic carbocycles. The van der Waals surface area contributed by atoms with Gasteiger partial charge in [-0.15, -0.1) is 11.3 Å². The number of nitrogens with zero attached hydrogens (tertiary/aromatic N) is 2. The van der Waals surface area contributed by atoms with Gasteiger partial charge in [0.15, 0.2) is 5.69 Å². The molecular formula is C18H18ClN3OS. The molecule has 0 unspecified atom stereocenters. The fourth-order valence-corrected chi connectivity index (χ4v) is 3.54. The Balaban J connectivity index is 1.68. The van der Waals surface area contributed by atoms with E-state index in [0.29, 0.717) is 18.8 Å². The van der Waals surface area contributed by atoms with Crippen molar-refractivity contribution in [1.29, 1.82) is 0 Å². The third-order valence-corrected chi connectivity index (χ3v) is 4.93. The smallest absolute Gasteiger partial charge is 0.271 e. The minimum absolute atomic E-state index is 0.151. The van der Waals surface area contributed by atoms with Crippen LogP contribution in [0.4, 0.5) is 0 Å². The first kappa shape index (κ1) is 16.7. The maximum Gasteiger partial charge on any atom is 0.271 e. The third-order valence-electron chi connectivity index (χ3n) is 3.68. The number of benzene rings is 1. The highest BCUT2D eigenvalue weighted by Crippen LogP contribution is 2.31. The molecule has 3 rings (SSSR count). The van der Waals surface area contributed by atoms with Crippen molar-refractivity contribution in [3.63, 3.8) is 0 Å². The number of carbonyl (C=O) groups excluding carboxylic acids is 1. The van der Waals surface area contributed by atoms with Gasteiger partial charge in [0.1, 0.15) is 0 Å². The molecule has 124 valence electrons. The number of rotatable bonds is 6. The summed E-state index contributed by atoms with van der Waals surface area (Å²) >= 11 is 7.49. The van der Waals surface area contributed by atoms with Crippen molar-refractivity contribution < 1.29 is 4.79 Å². The molecule has 2 aromatic heterocycles. The topological polar surface area (TPSA) is 46.9 Å². The second kappa shape index (κ2) is 7.64. The van der Waals surface area contributed by atoms with E-state index < -0.39 is 0 Å². The van der Waals surface area contributed by atoms with Crippen LogP contribution in [-0.2, 0) is 13.0 Å². The number of nitrogens with one attached hydrogen (secondary N) is 1. The first-order valence-electron chi connectivity index (χ1n) is 7.83. The highest BCUT2D eigenvalue weighted by atomic mass is 35.5. The number of carbonyl (C=O) groups is 1. The molecule has 0 saturated heterocycles. The molecule has 0 radical (unpaired) electrons. The molecule has 0 atom stereocenters. The summed E-state index contributed by atoms with van der Waals surface area (Å²) in [6.45, 7) is 3.28. The van der Waals surface area contributed by atoms with Crippen LogP contribution < -0.4 is 5.32 Å². The fourth-order valence-electron chi connectivity index (χ4n) is 2.47. The van der Waals surface area contributed by atoms with Crippen LogP contribution in [0.3, 0.4) is 0 Å². The average molecular weight is 360 g/mol. The van der Waals surface area contributed by atoms with Crippen molar-refractivity contribution >= 4 is 28.8 Å². The van der Waals surface area contributed by atoms with Gasteiger partial charge in [-0.1, -0.05) is 41.9 Å². The average Bonchev–Trinajstić information content (AvgIpc) is 3.21. The number of hydrogen-bond acceptors (Lipinski definition) is 3. The van der Waals surface area contributed by atoms with Crippen LogP contribution in [0.2, 0.25) is 4.34 Å². The van der Waals surface area contributed by atoms with Crippen LogP contribution in [-0.4, -0.2) is 22.2 Å². The van der Waals surface area contributed by atoms with E-state index in [9.17, 15) is 4.79 Å². The Hall–Kier alpha value is -2.11. The molecule has 1 N–H and O–H groups in total. The zero-order valence-corrected chi connectivity index (χ0v) is 14.9. The quantitative estimate of drug-likeness (QED) is 0.714. The van der Waals surface area contributed by atoms with Crippen molar-refractivity contribution in [2.75, 3.05) is 6.54 Å². The van der Waals surface area contributed by atoms with Crippen molar-refractivity contribution in [1.82, 2.24) is 15.1 Å². The fraction of sp³-hybridized carbons (Fsp3) is 0.222. The van der Waals surface area contributed by atoms with E-state index in [2.05, 4.69) is 22.5 Å². The lowest BCUT2D eigenvalue weighted by Crippen LogP contribution is -2.26. The summed E-state index contributed by atoms with van der Waals surface area (Å²) in [6.07, 6.45) is 0.800. The Morgan fingerprint density at radius 1 is 1.25 bits per heavy atom. The van der Waals surface area contributed by atoms with Crippen molar-refractivity contribution in [3.05, 3.63) is 64.1 Å². The molecule has 2 heterocycles. The molecule has 0 aliphatic rings. The van der Waals surface area contributed by atoms with E-state index in [4.69, 9.17) is 11.6 Å². The first-order chi connectivity index (χ1) is 11.7. The molecule has 3 aromatic rings. The number of amides is 1. The van der Waals surface area contributed by atoms with Crippen LogP contribution in [0.1, 0.15) is 23.0 Å². The maximum absolute atomic E-state index is 12.3. The Labute approximate surface area is 150 Å². The summed E-state index contributed by atoms with van der Waals surface area (Å²) in [7, 11) is 0. The molecular weight excluding hydrogens is 342 g/mol.